The predicted octanol–water partition coefficient (Wildman–Crippen LogP) is 6.84. The number of benzene rings is 3. The summed E-state index contributed by atoms with van der Waals surface area (Å²) in [5, 5.41) is 3.85. The lowest BCUT2D eigenvalue weighted by molar-refractivity contribution is 0.726. The van der Waals surface area contributed by atoms with Gasteiger partial charge in [-0.2, -0.15) is 0 Å². The van der Waals surface area contributed by atoms with Crippen LogP contribution in [0.25, 0.3) is 21.7 Å². The molecule has 4 heteroatoms. The van der Waals surface area contributed by atoms with Crippen LogP contribution < -0.4 is 4.90 Å². The minimum atomic E-state index is 0. The van der Waals surface area contributed by atoms with Gasteiger partial charge < -0.3 is 9.47 Å². The third kappa shape index (κ3) is 3.67. The van der Waals surface area contributed by atoms with Gasteiger partial charge in [0.1, 0.15) is 0 Å². The maximum atomic E-state index is 4.65. The van der Waals surface area contributed by atoms with Crippen molar-refractivity contribution in [1.29, 1.82) is 0 Å². The van der Waals surface area contributed by atoms with Gasteiger partial charge in [0.15, 0.2) is 0 Å². The quantitative estimate of drug-likeness (QED) is 0.298. The molecule has 5 aromatic rings. The Kier molecular flexibility index (Phi) is 5.59. The first-order chi connectivity index (χ1) is 15.7. The Morgan fingerprint density at radius 3 is 2.45 bits per heavy atom. The SMILES string of the molecule is Cc1c(C)n(Cc2ccc3ccccc3c2)c2c(N3CCc4ccccc4C3)cncc12.Cl. The monoisotopic (exact) mass is 453 g/mol. The Labute approximate surface area is 201 Å². The molecular formula is C29H28ClN3. The van der Waals surface area contributed by atoms with Gasteiger partial charge in [-0.25, -0.2) is 0 Å². The van der Waals surface area contributed by atoms with Crippen LogP contribution in [-0.4, -0.2) is 16.1 Å². The molecule has 3 nitrogen and oxygen atoms in total. The van der Waals surface area contributed by atoms with E-state index >= 15 is 0 Å². The van der Waals surface area contributed by atoms with Gasteiger partial charge in [-0.05, 0) is 59.4 Å². The second-order valence-corrected chi connectivity index (χ2v) is 8.97. The Bertz CT molecular complexity index is 1470. The van der Waals surface area contributed by atoms with Crippen molar-refractivity contribution in [2.45, 2.75) is 33.4 Å². The van der Waals surface area contributed by atoms with E-state index in [2.05, 4.69) is 101 Å². The molecule has 0 unspecified atom stereocenters. The van der Waals surface area contributed by atoms with E-state index in [1.54, 1.807) is 0 Å². The van der Waals surface area contributed by atoms with E-state index in [9.17, 15) is 0 Å². The molecular weight excluding hydrogens is 426 g/mol. The normalized spacial score (nSPS) is 13.2. The number of nitrogens with zero attached hydrogens (tertiary/aromatic N) is 3. The highest BCUT2D eigenvalue weighted by Gasteiger charge is 2.22. The summed E-state index contributed by atoms with van der Waals surface area (Å²) < 4.78 is 2.49. The van der Waals surface area contributed by atoms with Crippen molar-refractivity contribution in [3.8, 4) is 0 Å². The molecule has 0 atom stereocenters. The Morgan fingerprint density at radius 1 is 0.848 bits per heavy atom. The van der Waals surface area contributed by atoms with E-state index < -0.39 is 0 Å². The summed E-state index contributed by atoms with van der Waals surface area (Å²) in [7, 11) is 0. The fourth-order valence-corrected chi connectivity index (χ4v) is 5.22. The number of halogens is 1. The van der Waals surface area contributed by atoms with Gasteiger partial charge >= 0.3 is 0 Å². The fourth-order valence-electron chi connectivity index (χ4n) is 5.22. The van der Waals surface area contributed by atoms with Gasteiger partial charge in [0.2, 0.25) is 0 Å². The molecule has 0 saturated carbocycles. The van der Waals surface area contributed by atoms with Crippen molar-refractivity contribution in [1.82, 2.24) is 9.55 Å². The van der Waals surface area contributed by atoms with E-state index in [1.807, 2.05) is 6.20 Å². The van der Waals surface area contributed by atoms with Gasteiger partial charge in [0.05, 0.1) is 17.4 Å². The Morgan fingerprint density at radius 2 is 1.61 bits per heavy atom. The van der Waals surface area contributed by atoms with Gasteiger partial charge in [-0.15, -0.1) is 12.4 Å². The maximum Gasteiger partial charge on any atom is 0.0803 e. The topological polar surface area (TPSA) is 21.1 Å². The summed E-state index contributed by atoms with van der Waals surface area (Å²) in [6.45, 7) is 7.30. The highest BCUT2D eigenvalue weighted by molar-refractivity contribution is 5.95. The summed E-state index contributed by atoms with van der Waals surface area (Å²) in [6, 6.07) is 24.3. The van der Waals surface area contributed by atoms with Crippen LogP contribution in [0.2, 0.25) is 0 Å². The predicted molar refractivity (Wildman–Crippen MR) is 141 cm³/mol. The highest BCUT2D eigenvalue weighted by atomic mass is 35.5. The van der Waals surface area contributed by atoms with E-state index in [-0.39, 0.29) is 12.4 Å². The molecule has 0 amide bonds. The molecule has 1 aliphatic heterocycles. The number of rotatable bonds is 3. The first kappa shape index (κ1) is 21.5. The Balaban J connectivity index is 0.00000228. The average Bonchev–Trinajstić information content (AvgIpc) is 3.08. The minimum Gasteiger partial charge on any atom is -0.364 e. The second kappa shape index (κ2) is 8.57. The van der Waals surface area contributed by atoms with Gasteiger partial charge in [0, 0.05) is 36.9 Å². The summed E-state index contributed by atoms with van der Waals surface area (Å²) >= 11 is 0. The van der Waals surface area contributed by atoms with Crippen LogP contribution >= 0.6 is 12.4 Å². The lowest BCUT2D eigenvalue weighted by atomic mass is 9.99. The number of pyridine rings is 1. The van der Waals surface area contributed by atoms with Crippen molar-refractivity contribution in [2.75, 3.05) is 11.4 Å². The number of anilines is 1. The molecule has 33 heavy (non-hydrogen) atoms. The average molecular weight is 454 g/mol. The molecule has 0 radical (unpaired) electrons. The molecule has 0 bridgehead atoms. The van der Waals surface area contributed by atoms with Crippen molar-refractivity contribution in [2.24, 2.45) is 0 Å². The van der Waals surface area contributed by atoms with E-state index in [0.717, 1.165) is 26.1 Å². The second-order valence-electron chi connectivity index (χ2n) is 8.97. The molecule has 0 aliphatic carbocycles. The van der Waals surface area contributed by atoms with Crippen molar-refractivity contribution in [3.63, 3.8) is 0 Å². The zero-order valence-corrected chi connectivity index (χ0v) is 19.9. The zero-order chi connectivity index (χ0) is 21.7. The fraction of sp³-hybridized carbons (Fsp3) is 0.207. The van der Waals surface area contributed by atoms with Crippen molar-refractivity contribution in [3.05, 3.63) is 107 Å². The van der Waals surface area contributed by atoms with Crippen LogP contribution in [0.15, 0.2) is 79.1 Å². The molecule has 3 heterocycles. The lowest BCUT2D eigenvalue weighted by Gasteiger charge is -2.31. The number of aryl methyl sites for hydroxylation is 1. The number of hydrogen-bond acceptors (Lipinski definition) is 2. The molecule has 3 aromatic carbocycles. The lowest BCUT2D eigenvalue weighted by Crippen LogP contribution is -2.30. The third-order valence-electron chi connectivity index (χ3n) is 7.15. The standard InChI is InChI=1S/C29H27N3.ClH/c1-20-21(2)32(18-22-11-12-23-7-3-5-9-25(23)15-22)29-27(20)16-30-17-28(29)31-14-13-24-8-4-6-10-26(24)19-31;/h3-12,15-17H,13-14,18-19H2,1-2H3;1H. The van der Waals surface area contributed by atoms with Gasteiger partial charge in [-0.3, -0.25) is 4.98 Å². The van der Waals surface area contributed by atoms with E-state index in [4.69, 9.17) is 0 Å². The van der Waals surface area contributed by atoms with E-state index in [1.165, 1.54) is 55.3 Å². The maximum absolute atomic E-state index is 4.65. The van der Waals surface area contributed by atoms with Gasteiger partial charge in [-0.1, -0.05) is 60.7 Å². The third-order valence-corrected chi connectivity index (χ3v) is 7.15. The molecule has 166 valence electrons. The number of fused-ring (bicyclic) bond motifs is 3. The summed E-state index contributed by atoms with van der Waals surface area (Å²) in [5.74, 6) is 0. The van der Waals surface area contributed by atoms with Crippen LogP contribution in [-0.2, 0) is 19.5 Å². The zero-order valence-electron chi connectivity index (χ0n) is 19.1. The van der Waals surface area contributed by atoms with Crippen LogP contribution in [0.4, 0.5) is 5.69 Å². The first-order valence-corrected chi connectivity index (χ1v) is 11.4. The first-order valence-electron chi connectivity index (χ1n) is 11.4. The molecule has 6 rings (SSSR count). The summed E-state index contributed by atoms with van der Waals surface area (Å²) in [6.07, 6.45) is 5.18. The molecule has 0 saturated heterocycles. The van der Waals surface area contributed by atoms with Crippen molar-refractivity contribution < 1.29 is 0 Å². The van der Waals surface area contributed by atoms with Crippen LogP contribution in [0.3, 0.4) is 0 Å². The smallest absolute Gasteiger partial charge is 0.0803 e. The van der Waals surface area contributed by atoms with Crippen LogP contribution in [0.1, 0.15) is 27.9 Å². The number of aromatic nitrogens is 2. The van der Waals surface area contributed by atoms with Crippen LogP contribution in [0.5, 0.6) is 0 Å². The van der Waals surface area contributed by atoms with Gasteiger partial charge in [0.25, 0.3) is 0 Å². The molecule has 2 aromatic heterocycles. The van der Waals surface area contributed by atoms with E-state index in [0.29, 0.717) is 0 Å². The molecule has 0 spiro atoms. The molecule has 1 aliphatic rings. The van der Waals surface area contributed by atoms with Crippen LogP contribution in [0, 0.1) is 13.8 Å². The molecule has 0 fully saturated rings. The largest absolute Gasteiger partial charge is 0.364 e. The van der Waals surface area contributed by atoms with Crippen molar-refractivity contribution >= 4 is 39.8 Å². The summed E-state index contributed by atoms with van der Waals surface area (Å²) in [4.78, 5) is 7.16. The highest BCUT2D eigenvalue weighted by Crippen LogP contribution is 2.35. The minimum absolute atomic E-state index is 0. The number of hydrogen-bond donors (Lipinski definition) is 0. The molecule has 0 N–H and O–H groups in total. The Hall–Kier alpha value is -3.30. The summed E-state index contributed by atoms with van der Waals surface area (Å²) in [5.41, 5.74) is 9.43.